The van der Waals surface area contributed by atoms with Gasteiger partial charge in [-0.2, -0.15) is 0 Å². The van der Waals surface area contributed by atoms with Crippen LogP contribution in [0.15, 0.2) is 0 Å². The standard InChI is InChI=1S/C15H27N3O/c1-13(10-17-8-4-5-9-17)11-18-12-16-15(14(18)19)6-2-3-7-15/h13,16H,2-12H2,1H3. The van der Waals surface area contributed by atoms with Gasteiger partial charge in [0.05, 0.1) is 12.2 Å². The number of carbonyl (C=O) groups is 1. The molecule has 3 fully saturated rings. The molecule has 19 heavy (non-hydrogen) atoms. The maximum absolute atomic E-state index is 12.6. The van der Waals surface area contributed by atoms with Crippen LogP contribution in [0.2, 0.25) is 0 Å². The second kappa shape index (κ2) is 5.41. The van der Waals surface area contributed by atoms with Crippen LogP contribution in [-0.2, 0) is 4.79 Å². The minimum absolute atomic E-state index is 0.173. The summed E-state index contributed by atoms with van der Waals surface area (Å²) in [4.78, 5) is 17.2. The third-order valence-corrected chi connectivity index (χ3v) is 5.06. The van der Waals surface area contributed by atoms with Crippen molar-refractivity contribution in [2.24, 2.45) is 5.92 Å². The fraction of sp³-hybridized carbons (Fsp3) is 0.933. The van der Waals surface area contributed by atoms with Crippen molar-refractivity contribution in [2.45, 2.75) is 51.0 Å². The highest BCUT2D eigenvalue weighted by atomic mass is 16.2. The van der Waals surface area contributed by atoms with Gasteiger partial charge in [0.15, 0.2) is 0 Å². The molecular formula is C15H27N3O. The fourth-order valence-corrected chi connectivity index (χ4v) is 4.05. The van der Waals surface area contributed by atoms with Gasteiger partial charge in [0, 0.05) is 13.1 Å². The van der Waals surface area contributed by atoms with Gasteiger partial charge < -0.3 is 9.80 Å². The van der Waals surface area contributed by atoms with Crippen molar-refractivity contribution in [3.05, 3.63) is 0 Å². The van der Waals surface area contributed by atoms with Crippen LogP contribution < -0.4 is 5.32 Å². The van der Waals surface area contributed by atoms with E-state index >= 15 is 0 Å². The van der Waals surface area contributed by atoms with Gasteiger partial charge in [-0.3, -0.25) is 10.1 Å². The molecule has 1 unspecified atom stereocenters. The van der Waals surface area contributed by atoms with Gasteiger partial charge in [0.2, 0.25) is 5.91 Å². The topological polar surface area (TPSA) is 35.6 Å². The summed E-state index contributed by atoms with van der Waals surface area (Å²) in [7, 11) is 0. The highest BCUT2D eigenvalue weighted by Gasteiger charge is 2.47. The predicted molar refractivity (Wildman–Crippen MR) is 75.8 cm³/mol. The molecule has 1 spiro atoms. The lowest BCUT2D eigenvalue weighted by molar-refractivity contribution is -0.132. The van der Waals surface area contributed by atoms with E-state index in [0.29, 0.717) is 11.8 Å². The van der Waals surface area contributed by atoms with Crippen LogP contribution in [0.3, 0.4) is 0 Å². The Kier molecular flexibility index (Phi) is 3.81. The van der Waals surface area contributed by atoms with Crippen LogP contribution in [0.25, 0.3) is 0 Å². The third kappa shape index (κ3) is 2.65. The zero-order valence-corrected chi connectivity index (χ0v) is 12.2. The third-order valence-electron chi connectivity index (χ3n) is 5.06. The molecule has 4 nitrogen and oxygen atoms in total. The molecule has 0 bridgehead atoms. The molecule has 0 radical (unpaired) electrons. The van der Waals surface area contributed by atoms with Crippen molar-refractivity contribution >= 4 is 5.91 Å². The van der Waals surface area contributed by atoms with Crippen LogP contribution >= 0.6 is 0 Å². The normalized spacial score (nSPS) is 28.7. The first-order valence-electron chi connectivity index (χ1n) is 7.96. The lowest BCUT2D eigenvalue weighted by Crippen LogP contribution is -2.44. The number of likely N-dealkylation sites (tertiary alicyclic amines) is 1. The molecule has 0 aromatic heterocycles. The molecular weight excluding hydrogens is 238 g/mol. The minimum Gasteiger partial charge on any atom is -0.328 e. The van der Waals surface area contributed by atoms with Crippen LogP contribution in [-0.4, -0.2) is 54.1 Å². The highest BCUT2D eigenvalue weighted by Crippen LogP contribution is 2.34. The number of hydrogen-bond acceptors (Lipinski definition) is 3. The van der Waals surface area contributed by atoms with E-state index in [1.165, 1.54) is 38.8 Å². The fourth-order valence-electron chi connectivity index (χ4n) is 4.05. The molecule has 3 rings (SSSR count). The van der Waals surface area contributed by atoms with Gasteiger partial charge in [-0.05, 0) is 44.7 Å². The average molecular weight is 265 g/mol. The molecule has 0 aromatic carbocycles. The number of amides is 1. The number of hydrogen-bond donors (Lipinski definition) is 1. The monoisotopic (exact) mass is 265 g/mol. The van der Waals surface area contributed by atoms with E-state index < -0.39 is 0 Å². The summed E-state index contributed by atoms with van der Waals surface area (Å²) in [5, 5.41) is 3.49. The number of nitrogens with zero attached hydrogens (tertiary/aromatic N) is 2. The van der Waals surface area contributed by atoms with E-state index in [-0.39, 0.29) is 5.54 Å². The molecule has 1 atom stereocenters. The van der Waals surface area contributed by atoms with Crippen molar-refractivity contribution in [2.75, 3.05) is 32.8 Å². The molecule has 2 heterocycles. The molecule has 4 heteroatoms. The van der Waals surface area contributed by atoms with E-state index in [1.54, 1.807) is 0 Å². The van der Waals surface area contributed by atoms with Crippen molar-refractivity contribution < 1.29 is 4.79 Å². The molecule has 0 aromatic rings. The van der Waals surface area contributed by atoms with Gasteiger partial charge >= 0.3 is 0 Å². The Morgan fingerprint density at radius 2 is 1.84 bits per heavy atom. The van der Waals surface area contributed by atoms with Gasteiger partial charge in [-0.25, -0.2) is 0 Å². The first-order chi connectivity index (χ1) is 9.20. The zero-order chi connectivity index (χ0) is 13.3. The van der Waals surface area contributed by atoms with E-state index in [9.17, 15) is 4.79 Å². The summed E-state index contributed by atoms with van der Waals surface area (Å²) >= 11 is 0. The Labute approximate surface area is 116 Å². The Balaban J connectivity index is 1.51. The number of carbonyl (C=O) groups excluding carboxylic acids is 1. The van der Waals surface area contributed by atoms with Gasteiger partial charge in [-0.15, -0.1) is 0 Å². The lowest BCUT2D eigenvalue weighted by atomic mass is 9.98. The van der Waals surface area contributed by atoms with E-state index in [4.69, 9.17) is 0 Å². The van der Waals surface area contributed by atoms with Crippen LogP contribution in [0.5, 0.6) is 0 Å². The average Bonchev–Trinajstić information content (AvgIpc) is 3.09. The quantitative estimate of drug-likeness (QED) is 0.835. The van der Waals surface area contributed by atoms with Crippen LogP contribution in [0.1, 0.15) is 45.4 Å². The molecule has 1 saturated carbocycles. The largest absolute Gasteiger partial charge is 0.328 e. The maximum atomic E-state index is 12.6. The molecule has 2 aliphatic heterocycles. The van der Waals surface area contributed by atoms with Crippen LogP contribution in [0.4, 0.5) is 0 Å². The molecule has 1 N–H and O–H groups in total. The Morgan fingerprint density at radius 3 is 2.53 bits per heavy atom. The van der Waals surface area contributed by atoms with Crippen molar-refractivity contribution in [1.29, 1.82) is 0 Å². The minimum atomic E-state index is -0.173. The second-order valence-electron chi connectivity index (χ2n) is 6.76. The summed E-state index contributed by atoms with van der Waals surface area (Å²) in [5.41, 5.74) is -0.173. The van der Waals surface area contributed by atoms with Crippen molar-refractivity contribution in [1.82, 2.24) is 15.1 Å². The smallest absolute Gasteiger partial charge is 0.243 e. The van der Waals surface area contributed by atoms with Gasteiger partial charge in [-0.1, -0.05) is 19.8 Å². The highest BCUT2D eigenvalue weighted by molar-refractivity contribution is 5.88. The summed E-state index contributed by atoms with van der Waals surface area (Å²) in [6, 6.07) is 0. The van der Waals surface area contributed by atoms with Gasteiger partial charge in [0.1, 0.15) is 0 Å². The van der Waals surface area contributed by atoms with E-state index in [1.807, 2.05) is 0 Å². The Morgan fingerprint density at radius 1 is 1.16 bits per heavy atom. The summed E-state index contributed by atoms with van der Waals surface area (Å²) in [5.74, 6) is 0.957. The maximum Gasteiger partial charge on any atom is 0.243 e. The molecule has 3 aliphatic rings. The Hall–Kier alpha value is -0.610. The SMILES string of the molecule is CC(CN1CCCC1)CN1CNC2(CCCC2)C1=O. The van der Waals surface area contributed by atoms with Gasteiger partial charge in [0.25, 0.3) is 0 Å². The lowest BCUT2D eigenvalue weighted by Gasteiger charge is -2.26. The zero-order valence-electron chi connectivity index (χ0n) is 12.2. The summed E-state index contributed by atoms with van der Waals surface area (Å²) in [6.07, 6.45) is 7.19. The molecule has 1 amide bonds. The number of nitrogens with one attached hydrogen (secondary N) is 1. The van der Waals surface area contributed by atoms with Crippen molar-refractivity contribution in [3.63, 3.8) is 0 Å². The molecule has 108 valence electrons. The predicted octanol–water partition coefficient (Wildman–Crippen LogP) is 1.42. The van der Waals surface area contributed by atoms with E-state index in [0.717, 1.165) is 32.6 Å². The second-order valence-corrected chi connectivity index (χ2v) is 6.76. The van der Waals surface area contributed by atoms with Crippen molar-refractivity contribution in [3.8, 4) is 0 Å². The molecule has 2 saturated heterocycles. The van der Waals surface area contributed by atoms with E-state index in [2.05, 4.69) is 22.0 Å². The Bertz CT molecular complexity index is 332. The molecule has 1 aliphatic carbocycles. The number of rotatable bonds is 4. The first kappa shape index (κ1) is 13.4. The summed E-state index contributed by atoms with van der Waals surface area (Å²) in [6.45, 7) is 7.62. The summed E-state index contributed by atoms with van der Waals surface area (Å²) < 4.78 is 0. The first-order valence-corrected chi connectivity index (χ1v) is 7.96. The van der Waals surface area contributed by atoms with Crippen LogP contribution in [0, 0.1) is 5.92 Å².